The maximum absolute atomic E-state index is 13.2. The molecule has 0 atom stereocenters. The SMILES string of the molecule is Fc1ccc(C(F)(F)F)cc1NCC1CC1. The van der Waals surface area contributed by atoms with Crippen molar-refractivity contribution in [3.63, 3.8) is 0 Å². The lowest BCUT2D eigenvalue weighted by molar-refractivity contribution is -0.137. The molecule has 16 heavy (non-hydrogen) atoms. The summed E-state index contributed by atoms with van der Waals surface area (Å²) in [7, 11) is 0. The van der Waals surface area contributed by atoms with Gasteiger partial charge in [-0.05, 0) is 37.0 Å². The van der Waals surface area contributed by atoms with Crippen LogP contribution in [0.15, 0.2) is 18.2 Å². The molecule has 1 N–H and O–H groups in total. The first-order chi connectivity index (χ1) is 7.47. The predicted octanol–water partition coefficient (Wildman–Crippen LogP) is 3.67. The summed E-state index contributed by atoms with van der Waals surface area (Å²) in [4.78, 5) is 0. The maximum Gasteiger partial charge on any atom is 0.416 e. The molecule has 1 aliphatic carbocycles. The van der Waals surface area contributed by atoms with Crippen molar-refractivity contribution < 1.29 is 17.6 Å². The van der Waals surface area contributed by atoms with E-state index in [1.165, 1.54) is 0 Å². The van der Waals surface area contributed by atoms with Crippen molar-refractivity contribution in [3.05, 3.63) is 29.6 Å². The van der Waals surface area contributed by atoms with Crippen molar-refractivity contribution >= 4 is 5.69 Å². The Kier molecular flexibility index (Phi) is 2.78. The highest BCUT2D eigenvalue weighted by Crippen LogP contribution is 2.33. The number of benzene rings is 1. The van der Waals surface area contributed by atoms with E-state index in [1.807, 2.05) is 0 Å². The molecule has 0 heterocycles. The van der Waals surface area contributed by atoms with Crippen LogP contribution in [-0.4, -0.2) is 6.54 Å². The Hall–Kier alpha value is -1.26. The third kappa shape index (κ3) is 2.65. The number of nitrogens with one attached hydrogen (secondary N) is 1. The van der Waals surface area contributed by atoms with Gasteiger partial charge in [0.25, 0.3) is 0 Å². The molecule has 1 aliphatic rings. The quantitative estimate of drug-likeness (QED) is 0.785. The van der Waals surface area contributed by atoms with Gasteiger partial charge in [-0.2, -0.15) is 13.2 Å². The highest BCUT2D eigenvalue weighted by atomic mass is 19.4. The summed E-state index contributed by atoms with van der Waals surface area (Å²) in [6.07, 6.45) is -2.30. The Morgan fingerprint density at radius 2 is 1.94 bits per heavy atom. The average molecular weight is 233 g/mol. The molecule has 0 spiro atoms. The first-order valence-corrected chi connectivity index (χ1v) is 5.07. The Morgan fingerprint density at radius 1 is 1.25 bits per heavy atom. The van der Waals surface area contributed by atoms with Crippen LogP contribution < -0.4 is 5.32 Å². The van der Waals surface area contributed by atoms with Crippen LogP contribution in [-0.2, 0) is 6.18 Å². The second-order valence-electron chi connectivity index (χ2n) is 4.02. The van der Waals surface area contributed by atoms with Crippen molar-refractivity contribution in [2.24, 2.45) is 5.92 Å². The molecule has 2 rings (SSSR count). The number of hydrogen-bond acceptors (Lipinski definition) is 1. The number of hydrogen-bond donors (Lipinski definition) is 1. The molecule has 1 fully saturated rings. The summed E-state index contributed by atoms with van der Waals surface area (Å²) in [5.74, 6) is -0.164. The average Bonchev–Trinajstić information content (AvgIpc) is 2.98. The van der Waals surface area contributed by atoms with E-state index in [4.69, 9.17) is 0 Å². The fourth-order valence-electron chi connectivity index (χ4n) is 1.41. The van der Waals surface area contributed by atoms with Crippen molar-refractivity contribution in [3.8, 4) is 0 Å². The Bertz CT molecular complexity index is 382. The summed E-state index contributed by atoms with van der Waals surface area (Å²) in [6.45, 7) is 0.540. The molecule has 0 radical (unpaired) electrons. The second-order valence-corrected chi connectivity index (χ2v) is 4.02. The third-order valence-electron chi connectivity index (χ3n) is 2.57. The van der Waals surface area contributed by atoms with Crippen LogP contribution in [0.5, 0.6) is 0 Å². The van der Waals surface area contributed by atoms with Crippen molar-refractivity contribution in [2.45, 2.75) is 19.0 Å². The summed E-state index contributed by atoms with van der Waals surface area (Å²) in [5.41, 5.74) is -0.895. The molecule has 1 saturated carbocycles. The topological polar surface area (TPSA) is 12.0 Å². The molecule has 0 aliphatic heterocycles. The molecule has 0 aromatic heterocycles. The van der Waals surface area contributed by atoms with Crippen LogP contribution >= 0.6 is 0 Å². The lowest BCUT2D eigenvalue weighted by atomic mass is 10.2. The molecule has 0 unspecified atom stereocenters. The maximum atomic E-state index is 13.2. The van der Waals surface area contributed by atoms with Crippen LogP contribution in [0.3, 0.4) is 0 Å². The second kappa shape index (κ2) is 3.96. The Balaban J connectivity index is 2.14. The van der Waals surface area contributed by atoms with Crippen LogP contribution in [0.2, 0.25) is 0 Å². The number of anilines is 1. The monoisotopic (exact) mass is 233 g/mol. The predicted molar refractivity (Wildman–Crippen MR) is 52.6 cm³/mol. The van der Waals surface area contributed by atoms with Gasteiger partial charge in [-0.15, -0.1) is 0 Å². The van der Waals surface area contributed by atoms with Gasteiger partial charge in [0.1, 0.15) is 5.82 Å². The lowest BCUT2D eigenvalue weighted by Crippen LogP contribution is -2.09. The zero-order chi connectivity index (χ0) is 11.8. The van der Waals surface area contributed by atoms with Crippen molar-refractivity contribution in [1.29, 1.82) is 0 Å². The third-order valence-corrected chi connectivity index (χ3v) is 2.57. The first kappa shape index (κ1) is 11.2. The van der Waals surface area contributed by atoms with Crippen molar-refractivity contribution in [2.75, 3.05) is 11.9 Å². The summed E-state index contributed by atoms with van der Waals surface area (Å²) in [6, 6.07) is 2.41. The van der Waals surface area contributed by atoms with E-state index in [2.05, 4.69) is 5.32 Å². The van der Waals surface area contributed by atoms with E-state index >= 15 is 0 Å². The van der Waals surface area contributed by atoms with Gasteiger partial charge in [0.05, 0.1) is 11.3 Å². The van der Waals surface area contributed by atoms with Gasteiger partial charge in [0.2, 0.25) is 0 Å². The van der Waals surface area contributed by atoms with Crippen LogP contribution in [0.25, 0.3) is 0 Å². The molecule has 1 aromatic carbocycles. The number of rotatable bonds is 3. The van der Waals surface area contributed by atoms with Gasteiger partial charge in [0.15, 0.2) is 0 Å². The highest BCUT2D eigenvalue weighted by Gasteiger charge is 2.31. The summed E-state index contributed by atoms with van der Waals surface area (Å²) in [5, 5.41) is 2.71. The van der Waals surface area contributed by atoms with E-state index in [0.29, 0.717) is 12.5 Å². The zero-order valence-corrected chi connectivity index (χ0v) is 8.44. The zero-order valence-electron chi connectivity index (χ0n) is 8.44. The molecule has 0 bridgehead atoms. The van der Waals surface area contributed by atoms with Crippen LogP contribution in [0, 0.1) is 11.7 Å². The molecule has 88 valence electrons. The standard InChI is InChI=1S/C11H11F4N/c12-9-4-3-8(11(13,14)15)5-10(9)16-6-7-1-2-7/h3-5,7,16H,1-2,6H2. The normalized spacial score (nSPS) is 16.2. The highest BCUT2D eigenvalue weighted by molar-refractivity contribution is 5.48. The van der Waals surface area contributed by atoms with Crippen LogP contribution in [0.1, 0.15) is 18.4 Å². The number of alkyl halides is 3. The van der Waals surface area contributed by atoms with Gasteiger partial charge in [-0.3, -0.25) is 0 Å². The minimum absolute atomic E-state index is 0.0678. The van der Waals surface area contributed by atoms with Gasteiger partial charge >= 0.3 is 6.18 Å². The first-order valence-electron chi connectivity index (χ1n) is 5.07. The molecule has 1 aromatic rings. The van der Waals surface area contributed by atoms with E-state index in [1.54, 1.807) is 0 Å². The molecule has 5 heteroatoms. The Labute approximate surface area is 90.5 Å². The van der Waals surface area contributed by atoms with Crippen molar-refractivity contribution in [1.82, 2.24) is 0 Å². The van der Waals surface area contributed by atoms with E-state index in [0.717, 1.165) is 31.0 Å². The van der Waals surface area contributed by atoms with Gasteiger partial charge in [-0.1, -0.05) is 0 Å². The van der Waals surface area contributed by atoms with Gasteiger partial charge < -0.3 is 5.32 Å². The molecular weight excluding hydrogens is 222 g/mol. The molecule has 1 nitrogen and oxygen atoms in total. The van der Waals surface area contributed by atoms with E-state index < -0.39 is 17.6 Å². The smallest absolute Gasteiger partial charge is 0.382 e. The van der Waals surface area contributed by atoms with Crippen LogP contribution in [0.4, 0.5) is 23.2 Å². The fourth-order valence-corrected chi connectivity index (χ4v) is 1.41. The van der Waals surface area contributed by atoms with Gasteiger partial charge in [-0.25, -0.2) is 4.39 Å². The van der Waals surface area contributed by atoms with Gasteiger partial charge in [0, 0.05) is 6.54 Å². The van der Waals surface area contributed by atoms with E-state index in [-0.39, 0.29) is 5.69 Å². The largest absolute Gasteiger partial charge is 0.416 e. The molecular formula is C11H11F4N. The summed E-state index contributed by atoms with van der Waals surface area (Å²) >= 11 is 0. The minimum atomic E-state index is -4.43. The molecule has 0 saturated heterocycles. The van der Waals surface area contributed by atoms with E-state index in [9.17, 15) is 17.6 Å². The fraction of sp³-hybridized carbons (Fsp3) is 0.455. The Morgan fingerprint density at radius 3 is 2.50 bits per heavy atom. The minimum Gasteiger partial charge on any atom is -0.382 e. The lowest BCUT2D eigenvalue weighted by Gasteiger charge is -2.11. The summed E-state index contributed by atoms with van der Waals surface area (Å²) < 4.78 is 50.3. The molecule has 0 amide bonds. The number of halogens is 4.